The number of halogens is 3. The Morgan fingerprint density at radius 1 is 1.06 bits per heavy atom. The molecule has 0 spiro atoms. The molecule has 176 valence electrons. The normalized spacial score (nSPS) is 12.5. The molecule has 0 aliphatic heterocycles. The lowest BCUT2D eigenvalue weighted by molar-refractivity contribution is 0.568. The fraction of sp³-hybridized carbons (Fsp3) is 0.167. The van der Waals surface area contributed by atoms with E-state index in [1.165, 1.54) is 30.6 Å². The highest BCUT2D eigenvalue weighted by Gasteiger charge is 2.33. The Kier molecular flexibility index (Phi) is 6.95. The Morgan fingerprint density at radius 2 is 1.79 bits per heavy atom. The molecule has 0 unspecified atom stereocenters. The van der Waals surface area contributed by atoms with Crippen LogP contribution in [0.3, 0.4) is 0 Å². The van der Waals surface area contributed by atoms with Crippen LogP contribution >= 0.6 is 11.6 Å². The Morgan fingerprint density at radius 3 is 2.50 bits per heavy atom. The van der Waals surface area contributed by atoms with Crippen molar-refractivity contribution >= 4 is 27.3 Å². The van der Waals surface area contributed by atoms with Gasteiger partial charge in [0, 0.05) is 17.6 Å². The van der Waals surface area contributed by atoms with Gasteiger partial charge in [-0.25, -0.2) is 22.2 Å². The van der Waals surface area contributed by atoms with Gasteiger partial charge in [-0.1, -0.05) is 35.9 Å². The van der Waals surface area contributed by atoms with Gasteiger partial charge in [-0.15, -0.1) is 0 Å². The molecule has 0 N–H and O–H groups in total. The highest BCUT2D eigenvalue weighted by Crippen LogP contribution is 2.36. The molecule has 0 aliphatic rings. The standard InChI is InChI=1S/C24H21ClF2N4O2S/c1-17(22-5-3-2-4-18(22)12-13-30-16-28-15-29-30)31(24-14-20(26)8-11-23(24)27)34(32,33)21-9-6-19(25)7-10-21/h2-11,14-17H,12-13H2,1H3/t17-/m1/s1. The van der Waals surface area contributed by atoms with Crippen molar-refractivity contribution in [1.29, 1.82) is 0 Å². The van der Waals surface area contributed by atoms with E-state index in [2.05, 4.69) is 10.1 Å². The maximum atomic E-state index is 14.9. The van der Waals surface area contributed by atoms with E-state index in [4.69, 9.17) is 11.6 Å². The zero-order valence-corrected chi connectivity index (χ0v) is 19.7. The highest BCUT2D eigenvalue weighted by atomic mass is 35.5. The van der Waals surface area contributed by atoms with Crippen LogP contribution in [0.2, 0.25) is 5.02 Å². The number of benzene rings is 3. The number of aryl methyl sites for hydroxylation is 2. The predicted octanol–water partition coefficient (Wildman–Crippen LogP) is 5.41. The first-order valence-electron chi connectivity index (χ1n) is 10.4. The van der Waals surface area contributed by atoms with Crippen molar-refractivity contribution in [2.75, 3.05) is 4.31 Å². The largest absolute Gasteiger partial charge is 0.264 e. The van der Waals surface area contributed by atoms with E-state index in [-0.39, 0.29) is 10.6 Å². The maximum absolute atomic E-state index is 14.9. The zero-order valence-electron chi connectivity index (χ0n) is 18.1. The smallest absolute Gasteiger partial charge is 0.256 e. The number of aromatic nitrogens is 3. The molecule has 0 radical (unpaired) electrons. The maximum Gasteiger partial charge on any atom is 0.264 e. The van der Waals surface area contributed by atoms with Gasteiger partial charge in [-0.3, -0.25) is 8.99 Å². The second-order valence-corrected chi connectivity index (χ2v) is 9.89. The minimum Gasteiger partial charge on any atom is -0.256 e. The average molecular weight is 503 g/mol. The Labute approximate surface area is 201 Å². The second kappa shape index (κ2) is 9.90. The van der Waals surface area contributed by atoms with E-state index in [9.17, 15) is 17.2 Å². The van der Waals surface area contributed by atoms with Crippen molar-refractivity contribution < 1.29 is 17.2 Å². The van der Waals surface area contributed by atoms with Crippen molar-refractivity contribution in [2.24, 2.45) is 0 Å². The molecule has 0 saturated heterocycles. The molecule has 10 heteroatoms. The van der Waals surface area contributed by atoms with Crippen LogP contribution in [0.15, 0.2) is 84.3 Å². The van der Waals surface area contributed by atoms with E-state index in [0.717, 1.165) is 28.1 Å². The Balaban J connectivity index is 1.81. The van der Waals surface area contributed by atoms with Gasteiger partial charge in [-0.05, 0) is 60.9 Å². The molecule has 3 aromatic carbocycles. The highest BCUT2D eigenvalue weighted by molar-refractivity contribution is 7.92. The zero-order chi connectivity index (χ0) is 24.3. The van der Waals surface area contributed by atoms with Crippen molar-refractivity contribution in [3.8, 4) is 0 Å². The van der Waals surface area contributed by atoms with Gasteiger partial charge in [0.2, 0.25) is 0 Å². The van der Waals surface area contributed by atoms with Gasteiger partial charge in [0.25, 0.3) is 10.0 Å². The Bertz CT molecular complexity index is 1380. The third kappa shape index (κ3) is 4.95. The number of sulfonamides is 1. The number of anilines is 1. The molecule has 6 nitrogen and oxygen atoms in total. The van der Waals surface area contributed by atoms with E-state index in [1.807, 2.05) is 12.1 Å². The van der Waals surface area contributed by atoms with Crippen molar-refractivity contribution in [1.82, 2.24) is 14.8 Å². The number of hydrogen-bond acceptors (Lipinski definition) is 4. The van der Waals surface area contributed by atoms with E-state index in [1.54, 1.807) is 30.1 Å². The summed E-state index contributed by atoms with van der Waals surface area (Å²) < 4.78 is 59.2. The molecule has 0 aliphatic carbocycles. The summed E-state index contributed by atoms with van der Waals surface area (Å²) in [6.45, 7) is 2.16. The molecule has 0 amide bonds. The first-order chi connectivity index (χ1) is 16.3. The van der Waals surface area contributed by atoms with Crippen LogP contribution < -0.4 is 4.31 Å². The number of rotatable bonds is 8. The minimum absolute atomic E-state index is 0.0903. The third-order valence-corrected chi connectivity index (χ3v) is 7.60. The molecule has 34 heavy (non-hydrogen) atoms. The van der Waals surface area contributed by atoms with Crippen LogP contribution in [0.5, 0.6) is 0 Å². The summed E-state index contributed by atoms with van der Waals surface area (Å²) in [5.74, 6) is -1.61. The van der Waals surface area contributed by atoms with E-state index < -0.39 is 27.7 Å². The summed E-state index contributed by atoms with van der Waals surface area (Å²) in [5, 5.41) is 4.45. The fourth-order valence-corrected chi connectivity index (χ4v) is 5.56. The molecular weight excluding hydrogens is 482 g/mol. The van der Waals surface area contributed by atoms with Crippen LogP contribution in [0.4, 0.5) is 14.5 Å². The Hall–Kier alpha value is -3.30. The SMILES string of the molecule is C[C@H](c1ccccc1CCn1cncn1)N(c1cc(F)ccc1F)S(=O)(=O)c1ccc(Cl)cc1. The van der Waals surface area contributed by atoms with E-state index in [0.29, 0.717) is 23.6 Å². The van der Waals surface area contributed by atoms with Gasteiger partial charge in [0.05, 0.1) is 16.6 Å². The summed E-state index contributed by atoms with van der Waals surface area (Å²) in [6.07, 6.45) is 3.55. The van der Waals surface area contributed by atoms with Gasteiger partial charge >= 0.3 is 0 Å². The van der Waals surface area contributed by atoms with E-state index >= 15 is 0 Å². The molecule has 4 rings (SSSR count). The van der Waals surface area contributed by atoms with Crippen LogP contribution in [0.1, 0.15) is 24.1 Å². The van der Waals surface area contributed by atoms with Gasteiger partial charge in [-0.2, -0.15) is 5.10 Å². The summed E-state index contributed by atoms with van der Waals surface area (Å²) in [5.41, 5.74) is 1.12. The molecule has 4 aromatic rings. The second-order valence-electron chi connectivity index (χ2n) is 7.63. The summed E-state index contributed by atoms with van der Waals surface area (Å²) in [6, 6.07) is 14.7. The van der Waals surface area contributed by atoms with Gasteiger partial charge < -0.3 is 0 Å². The van der Waals surface area contributed by atoms with Crippen molar-refractivity contribution in [2.45, 2.75) is 30.8 Å². The summed E-state index contributed by atoms with van der Waals surface area (Å²) >= 11 is 5.93. The van der Waals surface area contributed by atoms with Crippen LogP contribution in [0, 0.1) is 11.6 Å². The molecule has 0 bridgehead atoms. The fourth-order valence-electron chi connectivity index (χ4n) is 3.80. The van der Waals surface area contributed by atoms with Crippen LogP contribution in [-0.2, 0) is 23.0 Å². The lowest BCUT2D eigenvalue weighted by atomic mass is 9.98. The third-order valence-electron chi connectivity index (χ3n) is 5.45. The van der Waals surface area contributed by atoms with Gasteiger partial charge in [0.15, 0.2) is 0 Å². The average Bonchev–Trinajstić information content (AvgIpc) is 3.34. The number of nitrogens with zero attached hydrogens (tertiary/aromatic N) is 4. The van der Waals surface area contributed by atoms with Crippen LogP contribution in [0.25, 0.3) is 0 Å². The lowest BCUT2D eigenvalue weighted by Crippen LogP contribution is -2.35. The predicted molar refractivity (Wildman–Crippen MR) is 126 cm³/mol. The molecule has 1 heterocycles. The topological polar surface area (TPSA) is 68.1 Å². The molecular formula is C24H21ClF2N4O2S. The molecule has 1 atom stereocenters. The first kappa shape index (κ1) is 23.8. The van der Waals surface area contributed by atoms with Gasteiger partial charge in [0.1, 0.15) is 24.3 Å². The quantitative estimate of drug-likeness (QED) is 0.323. The van der Waals surface area contributed by atoms with Crippen molar-refractivity contribution in [3.05, 3.63) is 107 Å². The molecule has 1 aromatic heterocycles. The lowest BCUT2D eigenvalue weighted by Gasteiger charge is -2.32. The van der Waals surface area contributed by atoms with Crippen LogP contribution in [-0.4, -0.2) is 23.2 Å². The summed E-state index contributed by atoms with van der Waals surface area (Å²) in [7, 11) is -4.29. The summed E-state index contributed by atoms with van der Waals surface area (Å²) in [4.78, 5) is 3.84. The van der Waals surface area contributed by atoms with Crippen molar-refractivity contribution in [3.63, 3.8) is 0 Å². The number of hydrogen-bond donors (Lipinski definition) is 0. The minimum atomic E-state index is -4.29. The monoisotopic (exact) mass is 502 g/mol. The molecule has 0 fully saturated rings. The molecule has 0 saturated carbocycles. The first-order valence-corrected chi connectivity index (χ1v) is 12.2.